The molecule has 0 bridgehead atoms. The molecular weight excluding hydrogens is 220 g/mol. The van der Waals surface area contributed by atoms with E-state index in [1.165, 1.54) is 0 Å². The van der Waals surface area contributed by atoms with Gasteiger partial charge in [0.25, 0.3) is 0 Å². The van der Waals surface area contributed by atoms with Crippen molar-refractivity contribution in [2.24, 2.45) is 0 Å². The molecule has 5 heteroatoms. The summed E-state index contributed by atoms with van der Waals surface area (Å²) in [6, 6.07) is 0. The lowest BCUT2D eigenvalue weighted by atomic mass is 10.0. The van der Waals surface area contributed by atoms with Crippen LogP contribution in [0, 0.1) is 0 Å². The Hall–Kier alpha value is -0.680. The summed E-state index contributed by atoms with van der Waals surface area (Å²) in [4.78, 5) is 2.32. The van der Waals surface area contributed by atoms with Crippen LogP contribution in [0.5, 0.6) is 0 Å². The molecule has 1 aromatic rings. The van der Waals surface area contributed by atoms with Crippen molar-refractivity contribution < 1.29 is 0 Å². The molecule has 0 aliphatic heterocycles. The van der Waals surface area contributed by atoms with Gasteiger partial charge in [0.1, 0.15) is 5.01 Å². The smallest absolute Gasteiger partial charge is 0.205 e. The summed E-state index contributed by atoms with van der Waals surface area (Å²) in [6.45, 7) is 10.5. The van der Waals surface area contributed by atoms with E-state index in [9.17, 15) is 0 Å². The number of aromatic nitrogens is 2. The molecular formula is C11H22N4S. The van der Waals surface area contributed by atoms with Crippen LogP contribution in [0.4, 0.5) is 5.13 Å². The maximum atomic E-state index is 4.19. The Labute approximate surface area is 102 Å². The molecule has 1 N–H and O–H groups in total. The molecule has 1 aromatic heterocycles. The van der Waals surface area contributed by atoms with Gasteiger partial charge in [-0.2, -0.15) is 0 Å². The van der Waals surface area contributed by atoms with Crippen molar-refractivity contribution in [2.45, 2.75) is 46.2 Å². The molecule has 92 valence electrons. The largest absolute Gasteiger partial charge is 0.360 e. The third kappa shape index (κ3) is 3.42. The summed E-state index contributed by atoms with van der Waals surface area (Å²) in [6.07, 6.45) is 1.13. The van der Waals surface area contributed by atoms with E-state index in [2.05, 4.69) is 55.2 Å². The Morgan fingerprint density at radius 1 is 1.31 bits per heavy atom. The minimum atomic E-state index is 0.212. The van der Waals surface area contributed by atoms with Gasteiger partial charge >= 0.3 is 0 Å². The fourth-order valence-electron chi connectivity index (χ4n) is 1.23. The van der Waals surface area contributed by atoms with Gasteiger partial charge in [-0.1, -0.05) is 18.3 Å². The van der Waals surface area contributed by atoms with E-state index in [1.54, 1.807) is 11.3 Å². The fourth-order valence-corrected chi connectivity index (χ4v) is 2.09. The average molecular weight is 242 g/mol. The number of hydrogen-bond donors (Lipinski definition) is 1. The SMILES string of the molecule is CCNc1nnc(CN(C)C(C)(C)CC)s1. The Bertz CT molecular complexity index is 322. The topological polar surface area (TPSA) is 41.1 Å². The number of hydrogen-bond acceptors (Lipinski definition) is 5. The molecule has 0 fully saturated rings. The van der Waals surface area contributed by atoms with Gasteiger partial charge in [0, 0.05) is 12.1 Å². The minimum absolute atomic E-state index is 0.212. The van der Waals surface area contributed by atoms with Crippen LogP contribution in [0.1, 0.15) is 39.1 Å². The normalized spacial score (nSPS) is 12.1. The Kier molecular flexibility index (Phi) is 4.68. The Balaban J connectivity index is 2.59. The first-order valence-electron chi connectivity index (χ1n) is 5.77. The van der Waals surface area contributed by atoms with Crippen molar-refractivity contribution in [2.75, 3.05) is 18.9 Å². The zero-order chi connectivity index (χ0) is 12.2. The molecule has 0 atom stereocenters. The van der Waals surface area contributed by atoms with Crippen molar-refractivity contribution >= 4 is 16.5 Å². The zero-order valence-electron chi connectivity index (χ0n) is 10.9. The van der Waals surface area contributed by atoms with Gasteiger partial charge in [-0.25, -0.2) is 0 Å². The van der Waals surface area contributed by atoms with E-state index >= 15 is 0 Å². The molecule has 0 unspecified atom stereocenters. The van der Waals surface area contributed by atoms with Gasteiger partial charge in [0.2, 0.25) is 5.13 Å². The first-order chi connectivity index (χ1) is 7.49. The van der Waals surface area contributed by atoms with Crippen molar-refractivity contribution in [3.05, 3.63) is 5.01 Å². The minimum Gasteiger partial charge on any atom is -0.360 e. The van der Waals surface area contributed by atoms with E-state index in [-0.39, 0.29) is 5.54 Å². The van der Waals surface area contributed by atoms with Gasteiger partial charge in [0.15, 0.2) is 0 Å². The highest BCUT2D eigenvalue weighted by molar-refractivity contribution is 7.15. The lowest BCUT2D eigenvalue weighted by Crippen LogP contribution is -2.39. The highest BCUT2D eigenvalue weighted by atomic mass is 32.1. The second-order valence-corrected chi connectivity index (χ2v) is 5.62. The Morgan fingerprint density at radius 3 is 2.56 bits per heavy atom. The molecule has 0 aliphatic rings. The number of nitrogens with zero attached hydrogens (tertiary/aromatic N) is 3. The van der Waals surface area contributed by atoms with E-state index in [4.69, 9.17) is 0 Å². The predicted molar refractivity (Wildman–Crippen MR) is 69.9 cm³/mol. The van der Waals surface area contributed by atoms with Crippen molar-refractivity contribution in [3.8, 4) is 0 Å². The maximum absolute atomic E-state index is 4.19. The second kappa shape index (κ2) is 5.59. The summed E-state index contributed by atoms with van der Waals surface area (Å²) in [5.74, 6) is 0. The number of anilines is 1. The van der Waals surface area contributed by atoms with Crippen LogP contribution in [0.15, 0.2) is 0 Å². The summed E-state index contributed by atoms with van der Waals surface area (Å²) in [5, 5.41) is 13.5. The van der Waals surface area contributed by atoms with E-state index in [0.29, 0.717) is 0 Å². The Morgan fingerprint density at radius 2 is 2.00 bits per heavy atom. The lowest BCUT2D eigenvalue weighted by molar-refractivity contribution is 0.142. The highest BCUT2D eigenvalue weighted by Gasteiger charge is 2.22. The molecule has 0 aromatic carbocycles. The lowest BCUT2D eigenvalue weighted by Gasteiger charge is -2.33. The highest BCUT2D eigenvalue weighted by Crippen LogP contribution is 2.22. The first kappa shape index (κ1) is 13.4. The number of rotatable bonds is 6. The summed E-state index contributed by atoms with van der Waals surface area (Å²) >= 11 is 1.64. The van der Waals surface area contributed by atoms with Crippen LogP contribution < -0.4 is 5.32 Å². The molecule has 16 heavy (non-hydrogen) atoms. The molecule has 0 aliphatic carbocycles. The van der Waals surface area contributed by atoms with Gasteiger partial charge in [-0.05, 0) is 34.2 Å². The molecule has 0 saturated heterocycles. The fraction of sp³-hybridized carbons (Fsp3) is 0.818. The van der Waals surface area contributed by atoms with Gasteiger partial charge in [-0.15, -0.1) is 10.2 Å². The molecule has 1 heterocycles. The van der Waals surface area contributed by atoms with E-state index in [1.807, 2.05) is 0 Å². The predicted octanol–water partition coefficient (Wildman–Crippen LogP) is 2.59. The summed E-state index contributed by atoms with van der Waals surface area (Å²) in [7, 11) is 2.14. The zero-order valence-corrected chi connectivity index (χ0v) is 11.7. The first-order valence-corrected chi connectivity index (χ1v) is 6.58. The van der Waals surface area contributed by atoms with Crippen molar-refractivity contribution in [1.82, 2.24) is 15.1 Å². The van der Waals surface area contributed by atoms with Gasteiger partial charge in [0.05, 0.1) is 6.54 Å². The average Bonchev–Trinajstić information content (AvgIpc) is 2.66. The molecule has 0 saturated carbocycles. The van der Waals surface area contributed by atoms with Crippen LogP contribution in [0.25, 0.3) is 0 Å². The van der Waals surface area contributed by atoms with Crippen LogP contribution in [-0.4, -0.2) is 34.2 Å². The van der Waals surface area contributed by atoms with Gasteiger partial charge in [-0.3, -0.25) is 4.90 Å². The molecule has 0 spiro atoms. The second-order valence-electron chi connectivity index (χ2n) is 4.55. The quantitative estimate of drug-likeness (QED) is 0.832. The number of nitrogens with one attached hydrogen (secondary N) is 1. The van der Waals surface area contributed by atoms with Crippen LogP contribution in [0.3, 0.4) is 0 Å². The van der Waals surface area contributed by atoms with Gasteiger partial charge < -0.3 is 5.32 Å². The molecule has 4 nitrogen and oxygen atoms in total. The monoisotopic (exact) mass is 242 g/mol. The van der Waals surface area contributed by atoms with Crippen molar-refractivity contribution in [1.29, 1.82) is 0 Å². The molecule has 1 rings (SSSR count). The standard InChI is InChI=1S/C11H22N4S/c1-6-11(3,4)15(5)8-9-13-14-10(16-9)12-7-2/h6-8H2,1-5H3,(H,12,14). The van der Waals surface area contributed by atoms with Crippen LogP contribution >= 0.6 is 11.3 Å². The summed E-state index contributed by atoms with van der Waals surface area (Å²) < 4.78 is 0. The van der Waals surface area contributed by atoms with Crippen molar-refractivity contribution in [3.63, 3.8) is 0 Å². The van der Waals surface area contributed by atoms with E-state index in [0.717, 1.165) is 29.6 Å². The molecule has 0 amide bonds. The maximum Gasteiger partial charge on any atom is 0.205 e. The summed E-state index contributed by atoms with van der Waals surface area (Å²) in [5.41, 5.74) is 0.212. The third-order valence-corrected chi connectivity index (χ3v) is 3.93. The van der Waals surface area contributed by atoms with Crippen LogP contribution in [-0.2, 0) is 6.54 Å². The van der Waals surface area contributed by atoms with E-state index < -0.39 is 0 Å². The molecule has 0 radical (unpaired) electrons. The third-order valence-electron chi connectivity index (χ3n) is 3.07. The van der Waals surface area contributed by atoms with Crippen LogP contribution in [0.2, 0.25) is 0 Å².